The maximum Gasteiger partial charge on any atom is 0.251 e. The predicted octanol–water partition coefficient (Wildman–Crippen LogP) is 2.98. The Morgan fingerprint density at radius 3 is 2.14 bits per heavy atom. The van der Waals surface area contributed by atoms with Crippen molar-refractivity contribution < 1.29 is 13.2 Å². The summed E-state index contributed by atoms with van der Waals surface area (Å²) in [6, 6.07) is 11.3. The van der Waals surface area contributed by atoms with Crippen molar-refractivity contribution in [3.05, 3.63) is 64.2 Å². The van der Waals surface area contributed by atoms with E-state index in [1.807, 2.05) is 12.1 Å². The van der Waals surface area contributed by atoms with Crippen molar-refractivity contribution in [2.75, 3.05) is 20.1 Å². The molecule has 0 spiro atoms. The number of amides is 1. The number of carbonyl (C=O) groups is 1. The summed E-state index contributed by atoms with van der Waals surface area (Å²) in [5, 5.41) is 2.88. The lowest BCUT2D eigenvalue weighted by Crippen LogP contribution is -2.25. The highest BCUT2D eigenvalue weighted by Gasteiger charge is 2.19. The zero-order valence-electron chi connectivity index (χ0n) is 17.9. The van der Waals surface area contributed by atoms with Crippen molar-refractivity contribution in [1.29, 1.82) is 0 Å². The molecule has 0 aromatic heterocycles. The van der Waals surface area contributed by atoms with Crippen LogP contribution in [0.4, 0.5) is 0 Å². The van der Waals surface area contributed by atoms with Gasteiger partial charge in [-0.05, 0) is 68.4 Å². The number of sulfonamides is 1. The molecule has 0 aliphatic carbocycles. The maximum atomic E-state index is 12.6. The molecule has 0 saturated carbocycles. The van der Waals surface area contributed by atoms with Gasteiger partial charge in [0.15, 0.2) is 0 Å². The van der Waals surface area contributed by atoms with E-state index in [1.54, 1.807) is 19.9 Å². The second kappa shape index (κ2) is 10.0. The smallest absolute Gasteiger partial charge is 0.251 e. The van der Waals surface area contributed by atoms with Gasteiger partial charge in [0.25, 0.3) is 5.91 Å². The van der Waals surface area contributed by atoms with E-state index in [9.17, 15) is 13.2 Å². The van der Waals surface area contributed by atoms with Gasteiger partial charge in [-0.2, -0.15) is 0 Å². The van der Waals surface area contributed by atoms with Crippen LogP contribution in [0.5, 0.6) is 0 Å². The highest BCUT2D eigenvalue weighted by molar-refractivity contribution is 7.89. The summed E-state index contributed by atoms with van der Waals surface area (Å²) < 4.78 is 26.8. The van der Waals surface area contributed by atoms with E-state index in [0.717, 1.165) is 30.8 Å². The second-order valence-electron chi connectivity index (χ2n) is 7.08. The van der Waals surface area contributed by atoms with Gasteiger partial charge in [-0.25, -0.2) is 13.1 Å². The van der Waals surface area contributed by atoms with Gasteiger partial charge in [-0.3, -0.25) is 9.69 Å². The molecule has 2 N–H and O–H groups in total. The Balaban J connectivity index is 2.10. The molecule has 2 aromatic rings. The summed E-state index contributed by atoms with van der Waals surface area (Å²) in [5.74, 6) is -0.298. The Bertz CT molecular complexity index is 950. The first-order valence-corrected chi connectivity index (χ1v) is 11.3. The van der Waals surface area contributed by atoms with Gasteiger partial charge in [0.05, 0.1) is 4.90 Å². The van der Waals surface area contributed by atoms with E-state index >= 15 is 0 Å². The Morgan fingerprint density at radius 2 is 1.59 bits per heavy atom. The summed E-state index contributed by atoms with van der Waals surface area (Å²) in [6.07, 6.45) is 0. The van der Waals surface area contributed by atoms with E-state index in [4.69, 9.17) is 0 Å². The van der Waals surface area contributed by atoms with Gasteiger partial charge in [-0.1, -0.05) is 38.1 Å². The molecule has 0 saturated heterocycles. The van der Waals surface area contributed by atoms with Crippen LogP contribution < -0.4 is 10.0 Å². The first kappa shape index (κ1) is 23.1. The van der Waals surface area contributed by atoms with Crippen LogP contribution in [0.3, 0.4) is 0 Å². The van der Waals surface area contributed by atoms with Gasteiger partial charge in [0, 0.05) is 18.7 Å². The number of benzene rings is 2. The molecule has 0 aliphatic heterocycles. The van der Waals surface area contributed by atoms with E-state index in [-0.39, 0.29) is 10.8 Å². The van der Waals surface area contributed by atoms with Gasteiger partial charge in [0.1, 0.15) is 0 Å². The molecule has 0 bridgehead atoms. The Labute approximate surface area is 174 Å². The fourth-order valence-electron chi connectivity index (χ4n) is 3.10. The van der Waals surface area contributed by atoms with Crippen molar-refractivity contribution in [3.8, 4) is 0 Å². The molecular weight excluding hydrogens is 386 g/mol. The monoisotopic (exact) mass is 417 g/mol. The predicted molar refractivity (Wildman–Crippen MR) is 116 cm³/mol. The average Bonchev–Trinajstić information content (AvgIpc) is 2.72. The highest BCUT2D eigenvalue weighted by Crippen LogP contribution is 2.21. The number of nitrogens with one attached hydrogen (secondary N) is 2. The van der Waals surface area contributed by atoms with Crippen LogP contribution >= 0.6 is 0 Å². The lowest BCUT2D eigenvalue weighted by molar-refractivity contribution is 0.0950. The molecule has 158 valence electrons. The molecule has 0 aliphatic rings. The topological polar surface area (TPSA) is 78.5 Å². The average molecular weight is 418 g/mol. The quantitative estimate of drug-likeness (QED) is 0.657. The van der Waals surface area contributed by atoms with Crippen molar-refractivity contribution >= 4 is 15.9 Å². The number of rotatable bonds is 9. The van der Waals surface area contributed by atoms with E-state index in [0.29, 0.717) is 17.7 Å². The number of hydrogen-bond donors (Lipinski definition) is 2. The third-order valence-corrected chi connectivity index (χ3v) is 6.76. The van der Waals surface area contributed by atoms with Gasteiger partial charge in [-0.15, -0.1) is 0 Å². The van der Waals surface area contributed by atoms with Crippen LogP contribution in [0.15, 0.2) is 41.3 Å². The highest BCUT2D eigenvalue weighted by atomic mass is 32.2. The van der Waals surface area contributed by atoms with Crippen LogP contribution in [-0.4, -0.2) is 39.4 Å². The molecule has 0 heterocycles. The summed E-state index contributed by atoms with van der Waals surface area (Å²) in [5.41, 5.74) is 3.96. The first-order chi connectivity index (χ1) is 13.7. The van der Waals surface area contributed by atoms with Crippen LogP contribution in [0.2, 0.25) is 0 Å². The molecule has 29 heavy (non-hydrogen) atoms. The fraction of sp³-hybridized carbons (Fsp3) is 0.409. The minimum absolute atomic E-state index is 0.130. The SMILES string of the molecule is CCN(CC)Cc1ccc(CNC(=O)c2cc(C)c(C)c(S(=O)(=O)NC)c2)cc1. The normalized spacial score (nSPS) is 11.7. The second-order valence-corrected chi connectivity index (χ2v) is 8.94. The van der Waals surface area contributed by atoms with Crippen molar-refractivity contribution in [1.82, 2.24) is 14.9 Å². The Morgan fingerprint density at radius 1 is 1.00 bits per heavy atom. The number of aryl methyl sites for hydroxylation is 1. The van der Waals surface area contributed by atoms with E-state index in [2.05, 4.69) is 40.9 Å². The van der Waals surface area contributed by atoms with Crippen LogP contribution in [0.1, 0.15) is 46.5 Å². The zero-order valence-corrected chi connectivity index (χ0v) is 18.7. The van der Waals surface area contributed by atoms with Crippen LogP contribution in [-0.2, 0) is 23.1 Å². The van der Waals surface area contributed by atoms with Gasteiger partial charge in [0.2, 0.25) is 10.0 Å². The molecule has 2 aromatic carbocycles. The minimum Gasteiger partial charge on any atom is -0.348 e. The first-order valence-electron chi connectivity index (χ1n) is 9.85. The third kappa shape index (κ3) is 5.88. The maximum absolute atomic E-state index is 12.6. The molecule has 1 amide bonds. The summed E-state index contributed by atoms with van der Waals surface area (Å²) in [6.45, 7) is 11.1. The Hall–Kier alpha value is -2.22. The molecule has 0 radical (unpaired) electrons. The van der Waals surface area contributed by atoms with Crippen molar-refractivity contribution in [3.63, 3.8) is 0 Å². The van der Waals surface area contributed by atoms with Gasteiger partial charge >= 0.3 is 0 Å². The minimum atomic E-state index is -3.63. The molecule has 0 atom stereocenters. The molecule has 0 unspecified atom stereocenters. The summed E-state index contributed by atoms with van der Waals surface area (Å²) in [4.78, 5) is 15.1. The standard InChI is InChI=1S/C22H31N3O3S/c1-6-25(7-2)15-19-10-8-18(9-11-19)14-24-22(26)20-12-16(3)17(4)21(13-20)29(27,28)23-5/h8-13,23H,6-7,14-15H2,1-5H3,(H,24,26). The lowest BCUT2D eigenvalue weighted by Gasteiger charge is -2.18. The number of nitrogens with zero attached hydrogens (tertiary/aromatic N) is 1. The van der Waals surface area contributed by atoms with E-state index < -0.39 is 10.0 Å². The van der Waals surface area contributed by atoms with E-state index in [1.165, 1.54) is 18.7 Å². The number of carbonyl (C=O) groups excluding carboxylic acids is 1. The molecular formula is C22H31N3O3S. The molecule has 0 fully saturated rings. The number of hydrogen-bond acceptors (Lipinski definition) is 4. The molecule has 6 nitrogen and oxygen atoms in total. The summed E-state index contributed by atoms with van der Waals surface area (Å²) >= 11 is 0. The van der Waals surface area contributed by atoms with Crippen LogP contribution in [0, 0.1) is 13.8 Å². The van der Waals surface area contributed by atoms with Gasteiger partial charge < -0.3 is 5.32 Å². The summed E-state index contributed by atoms with van der Waals surface area (Å²) in [7, 11) is -2.27. The Kier molecular flexibility index (Phi) is 7.96. The largest absolute Gasteiger partial charge is 0.348 e. The third-order valence-electron chi connectivity index (χ3n) is 5.22. The molecule has 7 heteroatoms. The lowest BCUT2D eigenvalue weighted by atomic mass is 10.1. The molecule has 2 rings (SSSR count). The van der Waals surface area contributed by atoms with Crippen molar-refractivity contribution in [2.45, 2.75) is 45.7 Å². The van der Waals surface area contributed by atoms with Crippen molar-refractivity contribution in [2.24, 2.45) is 0 Å². The fourth-order valence-corrected chi connectivity index (χ4v) is 4.17. The van der Waals surface area contributed by atoms with Crippen LogP contribution in [0.25, 0.3) is 0 Å². The zero-order chi connectivity index (χ0) is 21.6.